The van der Waals surface area contributed by atoms with Crippen molar-refractivity contribution in [1.82, 2.24) is 10.2 Å². The third-order valence-corrected chi connectivity index (χ3v) is 1.99. The molecule has 0 atom stereocenters. The minimum absolute atomic E-state index is 0.242. The van der Waals surface area contributed by atoms with Gasteiger partial charge in [0.05, 0.1) is 5.52 Å². The van der Waals surface area contributed by atoms with Gasteiger partial charge in [-0.25, -0.2) is 0 Å². The molecule has 0 saturated heterocycles. The van der Waals surface area contributed by atoms with E-state index in [1.54, 1.807) is 18.2 Å². The van der Waals surface area contributed by atoms with Gasteiger partial charge in [0, 0.05) is 10.4 Å². The standard InChI is InChI=1S/C8H6ClN3O/c9-4-1-2-5-6(3-4)11-12-7(5)8(10)13/h1-3H,(H2,10,13)(H,11,12). The lowest BCUT2D eigenvalue weighted by Crippen LogP contribution is -2.11. The van der Waals surface area contributed by atoms with Gasteiger partial charge in [-0.2, -0.15) is 5.10 Å². The normalized spacial score (nSPS) is 10.5. The number of aromatic amines is 1. The average molecular weight is 196 g/mol. The Labute approximate surface area is 78.7 Å². The van der Waals surface area contributed by atoms with Crippen LogP contribution in [0, 0.1) is 0 Å². The number of nitrogens with zero attached hydrogens (tertiary/aromatic N) is 1. The molecular formula is C8H6ClN3O. The number of rotatable bonds is 1. The Kier molecular flexibility index (Phi) is 1.70. The second-order valence-electron chi connectivity index (χ2n) is 2.63. The van der Waals surface area contributed by atoms with Crippen LogP contribution in [-0.2, 0) is 0 Å². The van der Waals surface area contributed by atoms with Crippen LogP contribution in [0.5, 0.6) is 0 Å². The molecule has 0 radical (unpaired) electrons. The first-order valence-electron chi connectivity index (χ1n) is 3.62. The number of H-pyrrole nitrogens is 1. The van der Waals surface area contributed by atoms with Crippen molar-refractivity contribution in [2.75, 3.05) is 0 Å². The first-order valence-corrected chi connectivity index (χ1v) is 3.99. The fourth-order valence-corrected chi connectivity index (χ4v) is 1.35. The summed E-state index contributed by atoms with van der Waals surface area (Å²) in [5.41, 5.74) is 6.06. The topological polar surface area (TPSA) is 71.8 Å². The van der Waals surface area contributed by atoms with Crippen molar-refractivity contribution in [3.63, 3.8) is 0 Å². The van der Waals surface area contributed by atoms with Crippen LogP contribution in [-0.4, -0.2) is 16.1 Å². The quantitative estimate of drug-likeness (QED) is 0.720. The largest absolute Gasteiger partial charge is 0.364 e. The summed E-state index contributed by atoms with van der Waals surface area (Å²) in [6, 6.07) is 5.09. The Balaban J connectivity index is 2.76. The molecule has 0 aliphatic carbocycles. The second kappa shape index (κ2) is 2.74. The number of carbonyl (C=O) groups is 1. The predicted octanol–water partition coefficient (Wildman–Crippen LogP) is 1.32. The summed E-state index contributed by atoms with van der Waals surface area (Å²) in [6.07, 6.45) is 0. The van der Waals surface area contributed by atoms with Crippen molar-refractivity contribution in [2.24, 2.45) is 5.73 Å². The smallest absolute Gasteiger partial charge is 0.269 e. The molecular weight excluding hydrogens is 190 g/mol. The Morgan fingerprint density at radius 1 is 1.54 bits per heavy atom. The van der Waals surface area contributed by atoms with Gasteiger partial charge in [0.15, 0.2) is 5.69 Å². The lowest BCUT2D eigenvalue weighted by Gasteiger charge is -1.91. The third-order valence-electron chi connectivity index (χ3n) is 1.76. The summed E-state index contributed by atoms with van der Waals surface area (Å²) in [4.78, 5) is 10.9. The number of aromatic nitrogens is 2. The summed E-state index contributed by atoms with van der Waals surface area (Å²) >= 11 is 5.74. The van der Waals surface area contributed by atoms with E-state index < -0.39 is 5.91 Å². The first-order chi connectivity index (χ1) is 6.18. The minimum Gasteiger partial charge on any atom is -0.364 e. The maximum absolute atomic E-state index is 10.9. The molecule has 3 N–H and O–H groups in total. The molecule has 0 saturated carbocycles. The summed E-state index contributed by atoms with van der Waals surface area (Å²) in [5, 5.41) is 7.73. The number of halogens is 1. The van der Waals surface area contributed by atoms with Crippen molar-refractivity contribution in [2.45, 2.75) is 0 Å². The molecule has 0 spiro atoms. The number of benzene rings is 1. The zero-order valence-corrected chi connectivity index (χ0v) is 7.30. The van der Waals surface area contributed by atoms with Crippen LogP contribution in [0.4, 0.5) is 0 Å². The van der Waals surface area contributed by atoms with E-state index in [2.05, 4.69) is 10.2 Å². The van der Waals surface area contributed by atoms with E-state index in [0.717, 1.165) is 0 Å². The van der Waals surface area contributed by atoms with Gasteiger partial charge in [-0.3, -0.25) is 9.89 Å². The van der Waals surface area contributed by atoms with E-state index in [1.807, 2.05) is 0 Å². The molecule has 1 aromatic carbocycles. The van der Waals surface area contributed by atoms with Crippen LogP contribution in [0.1, 0.15) is 10.5 Å². The number of primary amides is 1. The number of hydrogen-bond acceptors (Lipinski definition) is 2. The highest BCUT2D eigenvalue weighted by Gasteiger charge is 2.09. The van der Waals surface area contributed by atoms with Crippen molar-refractivity contribution < 1.29 is 4.79 Å². The molecule has 1 amide bonds. The molecule has 13 heavy (non-hydrogen) atoms. The highest BCUT2D eigenvalue weighted by Crippen LogP contribution is 2.19. The maximum Gasteiger partial charge on any atom is 0.269 e. The lowest BCUT2D eigenvalue weighted by molar-refractivity contribution is 0.0997. The zero-order chi connectivity index (χ0) is 9.42. The van der Waals surface area contributed by atoms with Crippen molar-refractivity contribution in [3.05, 3.63) is 28.9 Å². The number of amides is 1. The Morgan fingerprint density at radius 3 is 3.00 bits per heavy atom. The number of carbonyl (C=O) groups excluding carboxylic acids is 1. The van der Waals surface area contributed by atoms with E-state index in [1.165, 1.54) is 0 Å². The zero-order valence-electron chi connectivity index (χ0n) is 6.54. The summed E-state index contributed by atoms with van der Waals surface area (Å²) in [5.74, 6) is -0.548. The number of nitrogens with one attached hydrogen (secondary N) is 1. The highest BCUT2D eigenvalue weighted by molar-refractivity contribution is 6.31. The Morgan fingerprint density at radius 2 is 2.31 bits per heavy atom. The monoisotopic (exact) mass is 195 g/mol. The van der Waals surface area contributed by atoms with Gasteiger partial charge in [-0.15, -0.1) is 0 Å². The molecule has 1 aromatic heterocycles. The van der Waals surface area contributed by atoms with Crippen LogP contribution in [0.3, 0.4) is 0 Å². The van der Waals surface area contributed by atoms with Gasteiger partial charge in [-0.1, -0.05) is 11.6 Å². The number of fused-ring (bicyclic) bond motifs is 1. The van der Waals surface area contributed by atoms with Crippen molar-refractivity contribution in [3.8, 4) is 0 Å². The fourth-order valence-electron chi connectivity index (χ4n) is 1.18. The summed E-state index contributed by atoms with van der Waals surface area (Å²) in [7, 11) is 0. The van der Waals surface area contributed by atoms with E-state index in [4.69, 9.17) is 17.3 Å². The van der Waals surface area contributed by atoms with Gasteiger partial charge in [-0.05, 0) is 18.2 Å². The molecule has 0 aliphatic heterocycles. The van der Waals surface area contributed by atoms with E-state index in [9.17, 15) is 4.79 Å². The Hall–Kier alpha value is -1.55. The molecule has 0 fully saturated rings. The van der Waals surface area contributed by atoms with Crippen LogP contribution in [0.15, 0.2) is 18.2 Å². The number of hydrogen-bond donors (Lipinski definition) is 2. The van der Waals surface area contributed by atoms with E-state index >= 15 is 0 Å². The van der Waals surface area contributed by atoms with Crippen molar-refractivity contribution >= 4 is 28.4 Å². The molecule has 66 valence electrons. The number of nitrogens with two attached hydrogens (primary N) is 1. The molecule has 4 nitrogen and oxygen atoms in total. The van der Waals surface area contributed by atoms with Gasteiger partial charge >= 0.3 is 0 Å². The van der Waals surface area contributed by atoms with Gasteiger partial charge < -0.3 is 5.73 Å². The maximum atomic E-state index is 10.9. The van der Waals surface area contributed by atoms with Crippen LogP contribution < -0.4 is 5.73 Å². The molecule has 0 aliphatic rings. The molecule has 0 unspecified atom stereocenters. The second-order valence-corrected chi connectivity index (χ2v) is 3.06. The van der Waals surface area contributed by atoms with Gasteiger partial charge in [0.1, 0.15) is 0 Å². The predicted molar refractivity (Wildman–Crippen MR) is 49.6 cm³/mol. The molecule has 2 aromatic rings. The van der Waals surface area contributed by atoms with Crippen LogP contribution in [0.2, 0.25) is 5.02 Å². The van der Waals surface area contributed by atoms with Crippen molar-refractivity contribution in [1.29, 1.82) is 0 Å². The molecule has 2 rings (SSSR count). The molecule has 1 heterocycles. The molecule has 5 heteroatoms. The first kappa shape index (κ1) is 8.07. The van der Waals surface area contributed by atoms with Gasteiger partial charge in [0.2, 0.25) is 0 Å². The van der Waals surface area contributed by atoms with Crippen LogP contribution in [0.25, 0.3) is 10.9 Å². The fraction of sp³-hybridized carbons (Fsp3) is 0. The summed E-state index contributed by atoms with van der Waals surface area (Å²) in [6.45, 7) is 0. The van der Waals surface area contributed by atoms with E-state index in [-0.39, 0.29) is 5.69 Å². The summed E-state index contributed by atoms with van der Waals surface area (Å²) < 4.78 is 0. The SMILES string of the molecule is NC(=O)c1n[nH]c2cc(Cl)ccc12. The lowest BCUT2D eigenvalue weighted by atomic mass is 10.2. The Bertz CT molecular complexity index is 477. The highest BCUT2D eigenvalue weighted by atomic mass is 35.5. The van der Waals surface area contributed by atoms with Crippen LogP contribution >= 0.6 is 11.6 Å². The molecule has 0 bridgehead atoms. The average Bonchev–Trinajstić information content (AvgIpc) is 2.46. The van der Waals surface area contributed by atoms with E-state index in [0.29, 0.717) is 15.9 Å². The van der Waals surface area contributed by atoms with Gasteiger partial charge in [0.25, 0.3) is 5.91 Å². The third kappa shape index (κ3) is 1.25. The minimum atomic E-state index is -0.548.